The van der Waals surface area contributed by atoms with Crippen molar-refractivity contribution in [2.45, 2.75) is 0 Å². The summed E-state index contributed by atoms with van der Waals surface area (Å²) in [7, 11) is -1.19. The first kappa shape index (κ1) is 14.3. The molecule has 1 aliphatic heterocycles. The number of hydrogen-bond donors (Lipinski definition) is 0. The van der Waals surface area contributed by atoms with Crippen molar-refractivity contribution in [1.29, 1.82) is 0 Å². The average Bonchev–Trinajstić information content (AvgIpc) is 3.16. The number of methoxy groups -OCH3 is 1. The molecule has 0 radical (unpaired) electrons. The van der Waals surface area contributed by atoms with Gasteiger partial charge in [-0.2, -0.15) is 0 Å². The van der Waals surface area contributed by atoms with E-state index in [1.165, 1.54) is 13.3 Å². The van der Waals surface area contributed by atoms with Crippen molar-refractivity contribution in [3.05, 3.63) is 60.1 Å². The molecule has 110 valence electrons. The summed E-state index contributed by atoms with van der Waals surface area (Å²) < 4.78 is 32.9. The quantitative estimate of drug-likeness (QED) is 0.786. The maximum atomic E-state index is 13.4. The van der Waals surface area contributed by atoms with Crippen LogP contribution in [0.25, 0.3) is 17.2 Å². The van der Waals surface area contributed by atoms with Crippen LogP contribution in [0.5, 0.6) is 5.75 Å². The van der Waals surface area contributed by atoms with Crippen LogP contribution in [0.3, 0.4) is 0 Å². The van der Waals surface area contributed by atoms with Gasteiger partial charge in [-0.1, -0.05) is 30.3 Å². The zero-order valence-electron chi connectivity index (χ0n) is 11.9. The Labute approximate surface area is 127 Å². The number of aliphatic imine (C=N–C) groups is 1. The van der Waals surface area contributed by atoms with Crippen molar-refractivity contribution in [2.24, 2.45) is 4.99 Å². The van der Waals surface area contributed by atoms with Crippen molar-refractivity contribution in [1.82, 2.24) is 4.48 Å². The smallest absolute Gasteiger partial charge is 0.495 e. The molecule has 0 atom stereocenters. The fraction of sp³-hybridized carbons (Fsp3) is 0.0625. The molecule has 1 aromatic carbocycles. The molecule has 0 amide bonds. The van der Waals surface area contributed by atoms with Gasteiger partial charge in [-0.05, 0) is 23.8 Å². The first-order chi connectivity index (χ1) is 10.7. The number of hydrogen-bond acceptors (Lipinski definition) is 2. The van der Waals surface area contributed by atoms with Crippen LogP contribution in [-0.4, -0.2) is 25.2 Å². The molecule has 3 nitrogen and oxygen atoms in total. The van der Waals surface area contributed by atoms with Crippen LogP contribution >= 0.6 is 0 Å². The molecule has 0 spiro atoms. The fourth-order valence-electron chi connectivity index (χ4n) is 2.41. The number of ether oxygens (including phenoxy) is 1. The lowest BCUT2D eigenvalue weighted by Crippen LogP contribution is -2.13. The Hall–Kier alpha value is -2.63. The van der Waals surface area contributed by atoms with Crippen molar-refractivity contribution in [3.8, 4) is 16.9 Å². The second-order valence-corrected chi connectivity index (χ2v) is 4.72. The minimum absolute atomic E-state index is 0.372. The molecule has 0 fully saturated rings. The van der Waals surface area contributed by atoms with E-state index in [4.69, 9.17) is 4.74 Å². The number of allylic oxidation sites excluding steroid dienone is 2. The molecule has 2 aromatic rings. The van der Waals surface area contributed by atoms with Crippen LogP contribution in [-0.2, 0) is 0 Å². The van der Waals surface area contributed by atoms with Gasteiger partial charge in [0.2, 0.25) is 0 Å². The van der Waals surface area contributed by atoms with Crippen molar-refractivity contribution >= 4 is 19.7 Å². The summed E-state index contributed by atoms with van der Waals surface area (Å²) >= 11 is 0. The topological polar surface area (TPSA) is 26.5 Å². The zero-order valence-corrected chi connectivity index (χ0v) is 11.9. The second kappa shape index (κ2) is 6.01. The van der Waals surface area contributed by atoms with Gasteiger partial charge in [-0.15, -0.1) is 0 Å². The molecular formula is C16H13BF2N2O. The monoisotopic (exact) mass is 298 g/mol. The summed E-state index contributed by atoms with van der Waals surface area (Å²) in [5.74, 6) is 0.407. The van der Waals surface area contributed by atoms with Crippen molar-refractivity contribution in [3.63, 3.8) is 0 Å². The summed E-state index contributed by atoms with van der Waals surface area (Å²) in [6.45, 7) is 0. The number of nitrogens with zero attached hydrogens (tertiary/aromatic N) is 2. The third kappa shape index (κ3) is 2.59. The molecule has 0 unspecified atom stereocenters. The molecule has 1 aromatic heterocycles. The molecule has 1 aliphatic rings. The van der Waals surface area contributed by atoms with Gasteiger partial charge < -0.3 is 9.21 Å². The van der Waals surface area contributed by atoms with Gasteiger partial charge >= 0.3 is 7.40 Å². The van der Waals surface area contributed by atoms with Gasteiger partial charge in [0.25, 0.3) is 0 Å². The van der Waals surface area contributed by atoms with E-state index in [0.29, 0.717) is 22.7 Å². The summed E-state index contributed by atoms with van der Waals surface area (Å²) in [5, 5.41) is 0. The molecule has 6 heteroatoms. The first-order valence-electron chi connectivity index (χ1n) is 6.75. The van der Waals surface area contributed by atoms with Crippen LogP contribution in [0.15, 0.2) is 59.4 Å². The lowest BCUT2D eigenvalue weighted by Gasteiger charge is -2.07. The largest absolute Gasteiger partial charge is 0.677 e. The summed E-state index contributed by atoms with van der Waals surface area (Å²) in [6.07, 6.45) is 8.12. The van der Waals surface area contributed by atoms with Gasteiger partial charge in [0.15, 0.2) is 0 Å². The normalized spacial score (nSPS) is 14.8. The fourth-order valence-corrected chi connectivity index (χ4v) is 2.41. The molecule has 0 saturated heterocycles. The lowest BCUT2D eigenvalue weighted by molar-refractivity contribution is 0.416. The predicted octanol–water partition coefficient (Wildman–Crippen LogP) is 3.92. The number of rotatable bonds is 4. The van der Waals surface area contributed by atoms with Crippen LogP contribution < -0.4 is 4.74 Å². The number of benzene rings is 1. The van der Waals surface area contributed by atoms with E-state index in [9.17, 15) is 8.63 Å². The van der Waals surface area contributed by atoms with Crippen LogP contribution in [0.4, 0.5) is 8.63 Å². The van der Waals surface area contributed by atoms with E-state index in [0.717, 1.165) is 10.0 Å². The van der Waals surface area contributed by atoms with Crippen LogP contribution in [0.2, 0.25) is 0 Å². The van der Waals surface area contributed by atoms with Gasteiger partial charge in [0, 0.05) is 23.7 Å². The highest BCUT2D eigenvalue weighted by molar-refractivity contribution is 6.41. The van der Waals surface area contributed by atoms with Crippen LogP contribution in [0, 0.1) is 0 Å². The highest BCUT2D eigenvalue weighted by Crippen LogP contribution is 2.37. The summed E-state index contributed by atoms with van der Waals surface area (Å²) in [5.41, 5.74) is 2.44. The Bertz CT molecular complexity index is 750. The number of halogens is 2. The first-order valence-corrected chi connectivity index (χ1v) is 6.75. The molecule has 2 heterocycles. The van der Waals surface area contributed by atoms with E-state index in [1.807, 2.05) is 30.3 Å². The van der Waals surface area contributed by atoms with Gasteiger partial charge in [-0.3, -0.25) is 13.6 Å². The maximum Gasteiger partial charge on any atom is 0.677 e. The van der Waals surface area contributed by atoms with Crippen molar-refractivity contribution in [2.75, 3.05) is 7.11 Å². The Morgan fingerprint density at radius 2 is 2.00 bits per heavy atom. The molecule has 0 saturated carbocycles. The van der Waals surface area contributed by atoms with E-state index >= 15 is 0 Å². The van der Waals surface area contributed by atoms with Crippen molar-refractivity contribution < 1.29 is 13.4 Å². The zero-order chi connectivity index (χ0) is 15.5. The molecule has 0 bridgehead atoms. The van der Waals surface area contributed by atoms with E-state index in [2.05, 4.69) is 4.99 Å². The minimum atomic E-state index is -2.66. The highest BCUT2D eigenvalue weighted by atomic mass is 19.2. The highest BCUT2D eigenvalue weighted by Gasteiger charge is 2.26. The Kier molecular flexibility index (Phi) is 3.91. The second-order valence-electron chi connectivity index (χ2n) is 4.72. The number of aromatic nitrogens is 1. The van der Waals surface area contributed by atoms with E-state index in [-0.39, 0.29) is 0 Å². The van der Waals surface area contributed by atoms with Gasteiger partial charge in [0.1, 0.15) is 5.75 Å². The maximum absolute atomic E-state index is 13.4. The van der Waals surface area contributed by atoms with Gasteiger partial charge in [0.05, 0.1) is 12.8 Å². The minimum Gasteiger partial charge on any atom is -0.495 e. The molecular weight excluding hydrogens is 285 g/mol. The molecule has 22 heavy (non-hydrogen) atoms. The van der Waals surface area contributed by atoms with Crippen LogP contribution in [0.1, 0.15) is 5.69 Å². The standard InChI is InChI=1S/C16H13BF2N2O/c1-22-15-11-21(17(18)19)14(10-13-8-5-9-20-13)16(15)12-6-3-2-4-7-12/h2-11H,1H3/b13-10+. The molecule has 0 N–H and O–H groups in total. The van der Waals surface area contributed by atoms with E-state index < -0.39 is 7.40 Å². The third-order valence-electron chi connectivity index (χ3n) is 3.39. The lowest BCUT2D eigenvalue weighted by atomic mass is 10.0. The van der Waals surface area contributed by atoms with E-state index in [1.54, 1.807) is 24.4 Å². The SMILES string of the molecule is COc1cn(B(F)F)c(/C=C2\C=CC=N2)c1-c1ccccc1. The summed E-state index contributed by atoms with van der Waals surface area (Å²) in [6, 6.07) is 9.33. The van der Waals surface area contributed by atoms with Gasteiger partial charge in [-0.25, -0.2) is 0 Å². The predicted molar refractivity (Wildman–Crippen MR) is 85.4 cm³/mol. The molecule has 0 aliphatic carbocycles. The Morgan fingerprint density at radius 3 is 2.59 bits per heavy atom. The Morgan fingerprint density at radius 1 is 1.23 bits per heavy atom. The summed E-state index contributed by atoms with van der Waals surface area (Å²) in [4.78, 5) is 4.13. The Balaban J connectivity index is 2.24. The molecule has 3 rings (SSSR count). The average molecular weight is 298 g/mol. The third-order valence-corrected chi connectivity index (χ3v) is 3.39.